The van der Waals surface area contributed by atoms with E-state index in [1.807, 2.05) is 4.90 Å². The minimum absolute atomic E-state index is 0.0184. The molecule has 0 unspecified atom stereocenters. The molecule has 7 nitrogen and oxygen atoms in total. The molecule has 2 rings (SSSR count). The molecule has 0 aromatic carbocycles. The number of rotatable bonds is 5. The number of amides is 2. The SMILES string of the molecule is CC1CCN(C(=O)CCCC(=O)ON2COCCCC2=O)CC1. The van der Waals surface area contributed by atoms with Crippen LogP contribution in [0.2, 0.25) is 0 Å². The Morgan fingerprint density at radius 3 is 2.74 bits per heavy atom. The third-order valence-corrected chi connectivity index (χ3v) is 4.29. The zero-order valence-corrected chi connectivity index (χ0v) is 13.8. The molecule has 0 radical (unpaired) electrons. The van der Waals surface area contributed by atoms with Gasteiger partial charge in [0.05, 0.1) is 0 Å². The van der Waals surface area contributed by atoms with Crippen LogP contribution in [-0.4, -0.2) is 54.2 Å². The van der Waals surface area contributed by atoms with Crippen molar-refractivity contribution in [3.05, 3.63) is 0 Å². The van der Waals surface area contributed by atoms with Gasteiger partial charge in [0.15, 0.2) is 6.73 Å². The van der Waals surface area contributed by atoms with E-state index in [0.717, 1.165) is 31.0 Å². The summed E-state index contributed by atoms with van der Waals surface area (Å²) >= 11 is 0. The zero-order valence-electron chi connectivity index (χ0n) is 13.8. The molecule has 0 aliphatic carbocycles. The minimum Gasteiger partial charge on any atom is -0.358 e. The number of nitrogens with zero attached hydrogens (tertiary/aromatic N) is 2. The number of ether oxygens (including phenoxy) is 1. The molecule has 2 fully saturated rings. The maximum absolute atomic E-state index is 12.1. The summed E-state index contributed by atoms with van der Waals surface area (Å²) < 4.78 is 5.18. The smallest absolute Gasteiger partial charge is 0.332 e. The summed E-state index contributed by atoms with van der Waals surface area (Å²) in [6, 6.07) is 0. The molecule has 2 aliphatic heterocycles. The summed E-state index contributed by atoms with van der Waals surface area (Å²) in [6.45, 7) is 4.29. The van der Waals surface area contributed by atoms with Crippen LogP contribution in [-0.2, 0) is 24.0 Å². The van der Waals surface area contributed by atoms with E-state index < -0.39 is 5.97 Å². The van der Waals surface area contributed by atoms with E-state index in [0.29, 0.717) is 38.2 Å². The van der Waals surface area contributed by atoms with E-state index in [2.05, 4.69) is 6.92 Å². The Labute approximate surface area is 136 Å². The number of hydrogen-bond acceptors (Lipinski definition) is 5. The summed E-state index contributed by atoms with van der Waals surface area (Å²) in [5, 5.41) is 0.975. The molecule has 0 aromatic rings. The molecule has 2 saturated heterocycles. The van der Waals surface area contributed by atoms with Gasteiger partial charge in [0, 0.05) is 39.0 Å². The lowest BCUT2D eigenvalue weighted by Crippen LogP contribution is -2.38. The third-order valence-electron chi connectivity index (χ3n) is 4.29. The van der Waals surface area contributed by atoms with E-state index in [-0.39, 0.29) is 25.0 Å². The third kappa shape index (κ3) is 5.82. The lowest BCUT2D eigenvalue weighted by atomic mass is 9.99. The van der Waals surface area contributed by atoms with Crippen LogP contribution < -0.4 is 0 Å². The topological polar surface area (TPSA) is 76.2 Å². The first-order valence-electron chi connectivity index (χ1n) is 8.43. The molecule has 0 spiro atoms. The van der Waals surface area contributed by atoms with Crippen LogP contribution >= 0.6 is 0 Å². The highest BCUT2D eigenvalue weighted by Gasteiger charge is 2.22. The highest BCUT2D eigenvalue weighted by Crippen LogP contribution is 2.17. The van der Waals surface area contributed by atoms with Gasteiger partial charge < -0.3 is 14.5 Å². The standard InChI is InChI=1S/C16H26N2O5/c1-13-7-9-17(10-8-13)14(19)4-2-6-16(21)23-18-12-22-11-3-5-15(18)20/h13H,2-12H2,1H3. The van der Waals surface area contributed by atoms with Crippen LogP contribution in [0.3, 0.4) is 0 Å². The van der Waals surface area contributed by atoms with Crippen LogP contribution in [0, 0.1) is 5.92 Å². The second-order valence-corrected chi connectivity index (χ2v) is 6.29. The van der Waals surface area contributed by atoms with E-state index in [1.165, 1.54) is 0 Å². The summed E-state index contributed by atoms with van der Waals surface area (Å²) in [7, 11) is 0. The predicted octanol–water partition coefficient (Wildman–Crippen LogP) is 1.47. The second kappa shape index (κ2) is 8.86. The summed E-state index contributed by atoms with van der Waals surface area (Å²) in [4.78, 5) is 42.4. The lowest BCUT2D eigenvalue weighted by Gasteiger charge is -2.30. The molecule has 130 valence electrons. The van der Waals surface area contributed by atoms with Crippen molar-refractivity contribution in [3.63, 3.8) is 0 Å². The Hall–Kier alpha value is -1.63. The fourth-order valence-corrected chi connectivity index (χ4v) is 2.72. The van der Waals surface area contributed by atoms with Crippen LogP contribution in [0.25, 0.3) is 0 Å². The lowest BCUT2D eigenvalue weighted by molar-refractivity contribution is -0.212. The number of hydrogen-bond donors (Lipinski definition) is 0. The number of carbonyl (C=O) groups excluding carboxylic acids is 3. The van der Waals surface area contributed by atoms with E-state index in [9.17, 15) is 14.4 Å². The average Bonchev–Trinajstić information content (AvgIpc) is 2.73. The number of piperidine rings is 1. The zero-order chi connectivity index (χ0) is 16.7. The largest absolute Gasteiger partial charge is 0.358 e. The Balaban J connectivity index is 1.64. The van der Waals surface area contributed by atoms with E-state index in [1.54, 1.807) is 0 Å². The minimum atomic E-state index is -0.496. The molecule has 0 saturated carbocycles. The molecule has 2 aliphatic rings. The van der Waals surface area contributed by atoms with Gasteiger partial charge in [-0.25, -0.2) is 4.79 Å². The van der Waals surface area contributed by atoms with Crippen LogP contribution in [0.4, 0.5) is 0 Å². The van der Waals surface area contributed by atoms with E-state index in [4.69, 9.17) is 9.57 Å². The first-order valence-corrected chi connectivity index (χ1v) is 8.43. The van der Waals surface area contributed by atoms with Crippen LogP contribution in [0.15, 0.2) is 0 Å². The molecular weight excluding hydrogens is 300 g/mol. The quantitative estimate of drug-likeness (QED) is 0.765. The van der Waals surface area contributed by atoms with Crippen molar-refractivity contribution >= 4 is 17.8 Å². The van der Waals surface area contributed by atoms with Crippen molar-refractivity contribution in [1.29, 1.82) is 0 Å². The Bertz CT molecular complexity index is 432. The molecule has 2 heterocycles. The van der Waals surface area contributed by atoms with Crippen molar-refractivity contribution in [3.8, 4) is 0 Å². The second-order valence-electron chi connectivity index (χ2n) is 6.29. The fourth-order valence-electron chi connectivity index (χ4n) is 2.72. The molecule has 23 heavy (non-hydrogen) atoms. The molecule has 0 bridgehead atoms. The van der Waals surface area contributed by atoms with E-state index >= 15 is 0 Å². The maximum Gasteiger partial charge on any atom is 0.332 e. The van der Waals surface area contributed by atoms with Gasteiger partial charge in [0.1, 0.15) is 0 Å². The molecular formula is C16H26N2O5. The molecule has 0 aromatic heterocycles. The average molecular weight is 326 g/mol. The molecule has 7 heteroatoms. The first kappa shape index (κ1) is 17.7. The monoisotopic (exact) mass is 326 g/mol. The van der Waals surface area contributed by atoms with Crippen molar-refractivity contribution in [2.75, 3.05) is 26.4 Å². The molecule has 0 atom stereocenters. The fraction of sp³-hybridized carbons (Fsp3) is 0.812. The van der Waals surface area contributed by atoms with Gasteiger partial charge in [-0.3, -0.25) is 9.59 Å². The van der Waals surface area contributed by atoms with Crippen molar-refractivity contribution in [1.82, 2.24) is 9.96 Å². The van der Waals surface area contributed by atoms with Crippen LogP contribution in [0.5, 0.6) is 0 Å². The highest BCUT2D eigenvalue weighted by molar-refractivity contribution is 5.79. The normalized spacial score (nSPS) is 20.3. The van der Waals surface area contributed by atoms with Gasteiger partial charge in [0.2, 0.25) is 5.91 Å². The Kier molecular flexibility index (Phi) is 6.83. The van der Waals surface area contributed by atoms with Gasteiger partial charge in [0.25, 0.3) is 5.91 Å². The first-order chi connectivity index (χ1) is 11.1. The van der Waals surface area contributed by atoms with Gasteiger partial charge in [-0.05, 0) is 31.6 Å². The number of likely N-dealkylation sites (tertiary alicyclic amines) is 1. The van der Waals surface area contributed by atoms with Crippen molar-refractivity contribution in [2.45, 2.75) is 51.9 Å². The highest BCUT2D eigenvalue weighted by atomic mass is 16.7. The van der Waals surface area contributed by atoms with Crippen molar-refractivity contribution < 1.29 is 24.0 Å². The van der Waals surface area contributed by atoms with Gasteiger partial charge in [-0.15, -0.1) is 5.06 Å². The maximum atomic E-state index is 12.1. The molecule has 0 N–H and O–H groups in total. The van der Waals surface area contributed by atoms with Gasteiger partial charge in [-0.1, -0.05) is 6.92 Å². The van der Waals surface area contributed by atoms with Gasteiger partial charge in [-0.2, -0.15) is 0 Å². The molecule has 2 amide bonds. The van der Waals surface area contributed by atoms with Crippen molar-refractivity contribution in [2.24, 2.45) is 5.92 Å². The van der Waals surface area contributed by atoms with Gasteiger partial charge >= 0.3 is 5.97 Å². The summed E-state index contributed by atoms with van der Waals surface area (Å²) in [5.41, 5.74) is 0. The number of hydroxylamine groups is 2. The van der Waals surface area contributed by atoms with Crippen LogP contribution in [0.1, 0.15) is 51.9 Å². The predicted molar refractivity (Wildman–Crippen MR) is 81.8 cm³/mol. The Morgan fingerprint density at radius 2 is 2.00 bits per heavy atom. The Morgan fingerprint density at radius 1 is 1.26 bits per heavy atom. The summed E-state index contributed by atoms with van der Waals surface area (Å²) in [6.07, 6.45) is 3.95. The summed E-state index contributed by atoms with van der Waals surface area (Å²) in [5.74, 6) is 0.0413. The number of carbonyl (C=O) groups is 3.